The number of rotatable bonds is 7. The summed E-state index contributed by atoms with van der Waals surface area (Å²) in [5.41, 5.74) is -0.493. The Labute approximate surface area is 241 Å². The zero-order valence-electron chi connectivity index (χ0n) is 24.5. The van der Waals surface area contributed by atoms with E-state index in [1.807, 2.05) is 20.8 Å². The maximum Gasteiger partial charge on any atom is 0.411 e. The number of ether oxygens (including phenoxy) is 2. The second kappa shape index (κ2) is 12.3. The van der Waals surface area contributed by atoms with E-state index in [0.29, 0.717) is 29.2 Å². The standard InChI is InChI=1S/C27H41N5O6S2/c1-17(2)37-24(33)30-19-9-10-20(22(15-19)40(35,36)31-26(3,4)5)21-16-28-23(39-21)32-13-11-18(12-14-32)29-25(34)38-27(6,7)8/h9-10,15-18,31H,11-14H2,1-8H3,(H,29,34)(H,30,33). The number of nitrogens with zero attached hydrogens (tertiary/aromatic N) is 2. The maximum absolute atomic E-state index is 13.5. The molecule has 2 aromatic rings. The molecule has 0 radical (unpaired) electrons. The lowest BCUT2D eigenvalue weighted by molar-refractivity contribution is 0.0497. The van der Waals surface area contributed by atoms with E-state index in [2.05, 4.69) is 25.2 Å². The molecule has 1 aromatic heterocycles. The molecule has 2 amide bonds. The average Bonchev–Trinajstić information content (AvgIpc) is 3.26. The number of carbonyl (C=O) groups is 2. The molecule has 0 atom stereocenters. The molecule has 13 heteroatoms. The van der Waals surface area contributed by atoms with Gasteiger partial charge in [0.1, 0.15) is 5.60 Å². The van der Waals surface area contributed by atoms with Crippen molar-refractivity contribution in [3.63, 3.8) is 0 Å². The summed E-state index contributed by atoms with van der Waals surface area (Å²) >= 11 is 1.39. The molecule has 0 aliphatic carbocycles. The lowest BCUT2D eigenvalue weighted by atomic mass is 10.1. The lowest BCUT2D eigenvalue weighted by Crippen LogP contribution is -2.46. The Balaban J connectivity index is 1.81. The van der Waals surface area contributed by atoms with Crippen LogP contribution in [0.15, 0.2) is 29.3 Å². The van der Waals surface area contributed by atoms with Crippen LogP contribution in [0.1, 0.15) is 68.2 Å². The number of anilines is 2. The molecule has 0 spiro atoms. The minimum atomic E-state index is -3.95. The lowest BCUT2D eigenvalue weighted by Gasteiger charge is -2.32. The first-order valence-electron chi connectivity index (χ1n) is 13.3. The summed E-state index contributed by atoms with van der Waals surface area (Å²) < 4.78 is 40.1. The second-order valence-corrected chi connectivity index (χ2v) is 14.7. The van der Waals surface area contributed by atoms with Gasteiger partial charge in [0.05, 0.1) is 15.9 Å². The highest BCUT2D eigenvalue weighted by Crippen LogP contribution is 2.37. The van der Waals surface area contributed by atoms with E-state index in [1.165, 1.54) is 17.4 Å². The fourth-order valence-electron chi connectivity index (χ4n) is 4.07. The molecule has 1 fully saturated rings. The number of aromatic nitrogens is 1. The predicted octanol–water partition coefficient (Wildman–Crippen LogP) is 5.34. The first-order chi connectivity index (χ1) is 18.4. The summed E-state index contributed by atoms with van der Waals surface area (Å²) in [4.78, 5) is 31.7. The topological polar surface area (TPSA) is 139 Å². The summed E-state index contributed by atoms with van der Waals surface area (Å²) in [5.74, 6) is 0. The zero-order chi connectivity index (χ0) is 29.9. The van der Waals surface area contributed by atoms with Gasteiger partial charge in [-0.05, 0) is 80.4 Å². The molecule has 40 heavy (non-hydrogen) atoms. The number of hydrogen-bond acceptors (Lipinski definition) is 9. The van der Waals surface area contributed by atoms with Crippen molar-refractivity contribution in [2.75, 3.05) is 23.3 Å². The molecule has 1 saturated heterocycles. The average molecular weight is 596 g/mol. The van der Waals surface area contributed by atoms with Crippen molar-refractivity contribution < 1.29 is 27.5 Å². The first-order valence-corrected chi connectivity index (χ1v) is 15.6. The van der Waals surface area contributed by atoms with Crippen LogP contribution in [0.5, 0.6) is 0 Å². The van der Waals surface area contributed by atoms with Crippen molar-refractivity contribution in [1.29, 1.82) is 0 Å². The zero-order valence-corrected chi connectivity index (χ0v) is 26.1. The third-order valence-corrected chi connectivity index (χ3v) is 8.44. The van der Waals surface area contributed by atoms with Gasteiger partial charge in [-0.1, -0.05) is 17.4 Å². The molecule has 3 rings (SSSR count). The van der Waals surface area contributed by atoms with Gasteiger partial charge in [0, 0.05) is 42.1 Å². The quantitative estimate of drug-likeness (QED) is 0.390. The molecule has 11 nitrogen and oxygen atoms in total. The molecule has 2 heterocycles. The van der Waals surface area contributed by atoms with Crippen molar-refractivity contribution in [2.24, 2.45) is 0 Å². The van der Waals surface area contributed by atoms with Gasteiger partial charge < -0.3 is 19.7 Å². The molecule has 3 N–H and O–H groups in total. The number of sulfonamides is 1. The van der Waals surface area contributed by atoms with E-state index < -0.39 is 33.3 Å². The third-order valence-electron chi connectivity index (χ3n) is 5.55. The summed E-state index contributed by atoms with van der Waals surface area (Å²) in [5, 5.41) is 6.30. The van der Waals surface area contributed by atoms with Crippen molar-refractivity contribution in [3.05, 3.63) is 24.4 Å². The van der Waals surface area contributed by atoms with Crippen LogP contribution in [0, 0.1) is 0 Å². The van der Waals surface area contributed by atoms with Crippen LogP contribution in [0.4, 0.5) is 20.4 Å². The molecule has 0 bridgehead atoms. The van der Waals surface area contributed by atoms with Gasteiger partial charge in [0.15, 0.2) is 5.13 Å². The summed E-state index contributed by atoms with van der Waals surface area (Å²) in [7, 11) is -3.95. The van der Waals surface area contributed by atoms with Crippen molar-refractivity contribution in [1.82, 2.24) is 15.0 Å². The Morgan fingerprint density at radius 2 is 1.73 bits per heavy atom. The van der Waals surface area contributed by atoms with E-state index in [4.69, 9.17) is 9.47 Å². The van der Waals surface area contributed by atoms with Crippen LogP contribution in [0.25, 0.3) is 10.4 Å². The number of piperidine rings is 1. The maximum atomic E-state index is 13.5. The number of thiazole rings is 1. The smallest absolute Gasteiger partial charge is 0.411 e. The SMILES string of the molecule is CC(C)OC(=O)Nc1ccc(-c2cnc(N3CCC(NC(=O)OC(C)(C)C)CC3)s2)c(S(=O)(=O)NC(C)(C)C)c1. The highest BCUT2D eigenvalue weighted by atomic mass is 32.2. The minimum absolute atomic E-state index is 0.00757. The Morgan fingerprint density at radius 3 is 2.30 bits per heavy atom. The molecule has 1 aliphatic heterocycles. The van der Waals surface area contributed by atoms with Crippen LogP contribution in [0.2, 0.25) is 0 Å². The molecule has 1 aliphatic rings. The fourth-order valence-corrected chi connectivity index (χ4v) is 6.81. The summed E-state index contributed by atoms with van der Waals surface area (Å²) in [6, 6.07) is 4.74. The fraction of sp³-hybridized carbons (Fsp3) is 0.593. The number of carbonyl (C=O) groups excluding carboxylic acids is 2. The van der Waals surface area contributed by atoms with Crippen LogP contribution in [-0.2, 0) is 19.5 Å². The highest BCUT2D eigenvalue weighted by Gasteiger charge is 2.28. The molecular formula is C27H41N5O6S2. The minimum Gasteiger partial charge on any atom is -0.447 e. The first kappa shape index (κ1) is 31.6. The Kier molecular flexibility index (Phi) is 9.74. The van der Waals surface area contributed by atoms with Gasteiger partial charge in [0.25, 0.3) is 0 Å². The second-order valence-electron chi connectivity index (χ2n) is 12.1. The van der Waals surface area contributed by atoms with E-state index in [1.54, 1.807) is 52.9 Å². The summed E-state index contributed by atoms with van der Waals surface area (Å²) in [6.45, 7) is 15.6. The molecule has 0 unspecified atom stereocenters. The van der Waals surface area contributed by atoms with E-state index in [0.717, 1.165) is 18.0 Å². The largest absolute Gasteiger partial charge is 0.447 e. The van der Waals surface area contributed by atoms with Gasteiger partial charge in [0.2, 0.25) is 10.0 Å². The van der Waals surface area contributed by atoms with E-state index in [9.17, 15) is 18.0 Å². The molecule has 0 saturated carbocycles. The summed E-state index contributed by atoms with van der Waals surface area (Å²) in [6.07, 6.45) is 1.72. The number of nitrogens with one attached hydrogen (secondary N) is 3. The van der Waals surface area contributed by atoms with Crippen LogP contribution in [0.3, 0.4) is 0 Å². The normalized spacial score (nSPS) is 15.2. The van der Waals surface area contributed by atoms with Gasteiger partial charge >= 0.3 is 12.2 Å². The molecular weight excluding hydrogens is 554 g/mol. The molecule has 1 aromatic carbocycles. The van der Waals surface area contributed by atoms with Crippen LogP contribution in [-0.4, -0.2) is 62.0 Å². The predicted molar refractivity (Wildman–Crippen MR) is 157 cm³/mol. The van der Waals surface area contributed by atoms with E-state index in [-0.39, 0.29) is 17.0 Å². The number of amides is 2. The Bertz CT molecular complexity index is 1300. The Hall–Kier alpha value is -2.90. The number of hydrogen-bond donors (Lipinski definition) is 3. The van der Waals surface area contributed by atoms with Gasteiger partial charge in [-0.3, -0.25) is 5.32 Å². The van der Waals surface area contributed by atoms with E-state index >= 15 is 0 Å². The van der Waals surface area contributed by atoms with Crippen molar-refractivity contribution in [2.45, 2.75) is 96.4 Å². The van der Waals surface area contributed by atoms with Crippen LogP contribution >= 0.6 is 11.3 Å². The van der Waals surface area contributed by atoms with Crippen molar-refractivity contribution in [3.8, 4) is 10.4 Å². The van der Waals surface area contributed by atoms with Crippen molar-refractivity contribution >= 4 is 44.4 Å². The van der Waals surface area contributed by atoms with Gasteiger partial charge in [-0.15, -0.1) is 0 Å². The van der Waals surface area contributed by atoms with Gasteiger partial charge in [-0.2, -0.15) is 0 Å². The number of alkyl carbamates (subject to hydrolysis) is 1. The Morgan fingerprint density at radius 1 is 1.07 bits per heavy atom. The van der Waals surface area contributed by atoms with Gasteiger partial charge in [-0.25, -0.2) is 27.7 Å². The highest BCUT2D eigenvalue weighted by molar-refractivity contribution is 7.89. The number of benzene rings is 1. The van der Waals surface area contributed by atoms with Crippen LogP contribution < -0.4 is 20.3 Å². The third kappa shape index (κ3) is 9.34. The monoisotopic (exact) mass is 595 g/mol. The molecule has 222 valence electrons.